The van der Waals surface area contributed by atoms with E-state index in [4.69, 9.17) is 0 Å². The minimum Gasteiger partial charge on any atom is -0.210 e. The van der Waals surface area contributed by atoms with Gasteiger partial charge in [-0.25, -0.2) is 4.18 Å². The maximum Gasteiger partial charge on any atom is 0.523 e. The molecule has 0 unspecified atom stereocenters. The molecule has 25 heavy (non-hydrogen) atoms. The van der Waals surface area contributed by atoms with Crippen LogP contribution in [0.3, 0.4) is 0 Å². The third-order valence-electron chi connectivity index (χ3n) is 2.89. The van der Waals surface area contributed by atoms with Crippen molar-refractivity contribution in [2.24, 2.45) is 0 Å². The normalized spacial score (nSPS) is 29.2. The predicted molar refractivity (Wildman–Crippen MR) is 44.6 cm³/mol. The van der Waals surface area contributed by atoms with Crippen molar-refractivity contribution in [1.29, 1.82) is 0 Å². The number of rotatable bonds is 2. The average Bonchev–Trinajstić information content (AvgIpc) is 2.34. The molecule has 0 radical (unpaired) electrons. The summed E-state index contributed by atoms with van der Waals surface area (Å²) in [6.07, 6.45) is 0. The Balaban J connectivity index is 3.85. The monoisotopic (exact) mass is 430 g/mol. The fraction of sp³-hybridized carbons (Fsp3) is 1.00. The van der Waals surface area contributed by atoms with Crippen LogP contribution in [0.2, 0.25) is 0 Å². The molecule has 0 spiro atoms. The lowest BCUT2D eigenvalue weighted by molar-refractivity contribution is -0.513. The van der Waals surface area contributed by atoms with Gasteiger partial charge in [0.1, 0.15) is 0 Å². The largest absolute Gasteiger partial charge is 0.523 e. The Morgan fingerprint density at radius 1 is 0.560 bits per heavy atom. The molecule has 18 heteroatoms. The molecule has 0 aromatic heterocycles. The van der Waals surface area contributed by atoms with Gasteiger partial charge in [0.05, 0.1) is 0 Å². The number of hydrogen-bond acceptors (Lipinski definition) is 3. The van der Waals surface area contributed by atoms with Gasteiger partial charge in [-0.3, -0.25) is 0 Å². The van der Waals surface area contributed by atoms with Crippen molar-refractivity contribution in [2.75, 3.05) is 0 Å². The molecular weight excluding hydrogens is 430 g/mol. The minimum absolute atomic E-state index is 1.61. The van der Waals surface area contributed by atoms with Gasteiger partial charge >= 0.3 is 51.1 Å². The minimum atomic E-state index is -7.98. The molecule has 0 bridgehead atoms. The van der Waals surface area contributed by atoms with Gasteiger partial charge in [-0.05, 0) is 0 Å². The molecule has 0 aromatic carbocycles. The molecule has 0 atom stereocenters. The third-order valence-corrected chi connectivity index (χ3v) is 3.91. The van der Waals surface area contributed by atoms with Gasteiger partial charge in [-0.1, -0.05) is 0 Å². The van der Waals surface area contributed by atoms with E-state index in [0.717, 1.165) is 0 Å². The zero-order valence-electron chi connectivity index (χ0n) is 10.4. The van der Waals surface area contributed by atoms with E-state index in [9.17, 15) is 69.9 Å². The quantitative estimate of drug-likeness (QED) is 0.381. The van der Waals surface area contributed by atoms with E-state index >= 15 is 0 Å². The summed E-state index contributed by atoms with van der Waals surface area (Å²) in [7, 11) is -7.98. The summed E-state index contributed by atoms with van der Waals surface area (Å²) in [6, 6.07) is 0. The summed E-state index contributed by atoms with van der Waals surface area (Å²) < 4.78 is 201. The van der Waals surface area contributed by atoms with E-state index in [1.165, 1.54) is 0 Å². The molecular formula is C7F14O3S. The predicted octanol–water partition coefficient (Wildman–Crippen LogP) is 3.71. The maximum atomic E-state index is 13.6. The second-order valence-electron chi connectivity index (χ2n) is 4.45. The summed E-state index contributed by atoms with van der Waals surface area (Å²) in [5.74, 6) is -46.7. The summed E-state index contributed by atoms with van der Waals surface area (Å²) >= 11 is 0. The van der Waals surface area contributed by atoms with Gasteiger partial charge in [0.2, 0.25) is 0 Å². The van der Waals surface area contributed by atoms with Crippen LogP contribution < -0.4 is 0 Å². The standard InChI is InChI=1S/C7F14O3S/c8-1(9)2(10,11)4(14,15)6(18,5(16,17)3(1,12)13)24-25(22,23)7(19,20)21. The molecule has 0 amide bonds. The van der Waals surface area contributed by atoms with E-state index in [1.807, 2.05) is 0 Å². The van der Waals surface area contributed by atoms with Gasteiger partial charge in [-0.15, -0.1) is 0 Å². The molecule has 150 valence electrons. The molecule has 0 aromatic rings. The van der Waals surface area contributed by atoms with Crippen molar-refractivity contribution in [3.05, 3.63) is 0 Å². The van der Waals surface area contributed by atoms with Crippen molar-refractivity contribution in [1.82, 2.24) is 0 Å². The van der Waals surface area contributed by atoms with Crippen molar-refractivity contribution >= 4 is 10.1 Å². The van der Waals surface area contributed by atoms with Crippen LogP contribution in [0.15, 0.2) is 0 Å². The molecule has 0 saturated heterocycles. The third kappa shape index (κ3) is 2.18. The van der Waals surface area contributed by atoms with E-state index in [2.05, 4.69) is 0 Å². The topological polar surface area (TPSA) is 43.4 Å². The van der Waals surface area contributed by atoms with Gasteiger partial charge in [0.25, 0.3) is 0 Å². The van der Waals surface area contributed by atoms with E-state index < -0.39 is 51.1 Å². The van der Waals surface area contributed by atoms with Crippen molar-refractivity contribution < 1.29 is 74.1 Å². The summed E-state index contributed by atoms with van der Waals surface area (Å²) in [5.41, 5.74) is -7.04. The Morgan fingerprint density at radius 2 is 0.800 bits per heavy atom. The first-order valence-corrected chi connectivity index (χ1v) is 6.46. The number of hydrogen-bond donors (Lipinski definition) is 0. The highest BCUT2D eigenvalue weighted by atomic mass is 32.2. The SMILES string of the molecule is O=S(=O)(OC1(F)C(F)(F)C(F)(F)C(F)(F)C(F)(F)C1(F)F)C(F)(F)F. The molecule has 3 nitrogen and oxygen atoms in total. The Kier molecular flexibility index (Phi) is 4.22. The highest BCUT2D eigenvalue weighted by Crippen LogP contribution is 2.70. The lowest BCUT2D eigenvalue weighted by Crippen LogP contribution is -2.84. The first kappa shape index (κ1) is 22.0. The molecule has 0 aliphatic heterocycles. The number of alkyl halides is 14. The molecule has 1 rings (SSSR count). The zero-order chi connectivity index (χ0) is 20.7. The Hall–Kier alpha value is -1.07. The van der Waals surface area contributed by atoms with Crippen LogP contribution >= 0.6 is 0 Å². The highest BCUT2D eigenvalue weighted by molar-refractivity contribution is 7.87. The lowest BCUT2D eigenvalue weighted by Gasteiger charge is -2.51. The molecule has 1 saturated carbocycles. The van der Waals surface area contributed by atoms with Crippen LogP contribution in [-0.4, -0.2) is 49.4 Å². The molecule has 1 aliphatic rings. The second-order valence-corrected chi connectivity index (χ2v) is 5.99. The van der Waals surface area contributed by atoms with Crippen LogP contribution in [0.1, 0.15) is 0 Å². The Morgan fingerprint density at radius 3 is 1.04 bits per heavy atom. The Labute approximate surface area is 126 Å². The second kappa shape index (κ2) is 4.80. The fourth-order valence-corrected chi connectivity index (χ4v) is 2.10. The van der Waals surface area contributed by atoms with Gasteiger partial charge in [0, 0.05) is 0 Å². The van der Waals surface area contributed by atoms with Gasteiger partial charge in [-0.2, -0.15) is 69.9 Å². The van der Waals surface area contributed by atoms with Crippen molar-refractivity contribution in [3.8, 4) is 0 Å². The van der Waals surface area contributed by atoms with E-state index in [0.29, 0.717) is 0 Å². The molecule has 1 aliphatic carbocycles. The lowest BCUT2D eigenvalue weighted by atomic mass is 9.79. The van der Waals surface area contributed by atoms with Crippen LogP contribution in [0.25, 0.3) is 0 Å². The summed E-state index contributed by atoms with van der Waals surface area (Å²) in [5, 5.41) is 0. The van der Waals surface area contributed by atoms with Crippen LogP contribution in [-0.2, 0) is 14.3 Å². The first-order valence-electron chi connectivity index (χ1n) is 5.05. The molecule has 0 heterocycles. The Bertz CT molecular complexity index is 630. The van der Waals surface area contributed by atoms with Gasteiger partial charge < -0.3 is 0 Å². The zero-order valence-corrected chi connectivity index (χ0v) is 11.2. The summed E-state index contributed by atoms with van der Waals surface area (Å²) in [6.45, 7) is 0. The van der Waals surface area contributed by atoms with Crippen molar-refractivity contribution in [3.63, 3.8) is 0 Å². The van der Waals surface area contributed by atoms with Crippen LogP contribution in [0, 0.1) is 0 Å². The molecule has 0 N–H and O–H groups in total. The van der Waals surface area contributed by atoms with Crippen molar-refractivity contribution in [2.45, 2.75) is 41.0 Å². The smallest absolute Gasteiger partial charge is 0.210 e. The van der Waals surface area contributed by atoms with Gasteiger partial charge in [0.15, 0.2) is 0 Å². The maximum absolute atomic E-state index is 13.6. The summed E-state index contributed by atoms with van der Waals surface area (Å²) in [4.78, 5) is 0. The molecule has 1 fully saturated rings. The fourth-order valence-electron chi connectivity index (χ4n) is 1.50. The number of halogens is 14. The first-order chi connectivity index (χ1) is 10.5. The van der Waals surface area contributed by atoms with E-state index in [-0.39, 0.29) is 0 Å². The average molecular weight is 430 g/mol. The highest BCUT2D eigenvalue weighted by Gasteiger charge is 3.03. The van der Waals surface area contributed by atoms with Crippen LogP contribution in [0.4, 0.5) is 61.5 Å². The van der Waals surface area contributed by atoms with Crippen LogP contribution in [0.5, 0.6) is 0 Å². The van der Waals surface area contributed by atoms with E-state index in [1.54, 1.807) is 4.18 Å².